The third-order valence-corrected chi connectivity index (χ3v) is 5.23. The molecule has 1 heterocycles. The van der Waals surface area contributed by atoms with Crippen molar-refractivity contribution in [2.24, 2.45) is 10.9 Å². The van der Waals surface area contributed by atoms with E-state index in [4.69, 9.17) is 0 Å². The van der Waals surface area contributed by atoms with Gasteiger partial charge in [-0.3, -0.25) is 14.7 Å². The average Bonchev–Trinajstić information content (AvgIpc) is 2.57. The molecule has 0 bridgehead atoms. The van der Waals surface area contributed by atoms with Crippen LogP contribution in [0.25, 0.3) is 0 Å². The second-order valence-electron chi connectivity index (χ2n) is 7.19. The number of hydrogen-bond acceptors (Lipinski definition) is 3. The van der Waals surface area contributed by atoms with Crippen LogP contribution in [0.4, 0.5) is 0 Å². The van der Waals surface area contributed by atoms with Crippen molar-refractivity contribution in [2.45, 2.75) is 52.4 Å². The lowest BCUT2D eigenvalue weighted by Crippen LogP contribution is -2.52. The predicted molar refractivity (Wildman–Crippen MR) is 119 cm³/mol. The van der Waals surface area contributed by atoms with Crippen molar-refractivity contribution in [3.8, 4) is 0 Å². The van der Waals surface area contributed by atoms with Crippen molar-refractivity contribution < 1.29 is 4.79 Å². The highest BCUT2D eigenvalue weighted by Crippen LogP contribution is 2.28. The van der Waals surface area contributed by atoms with E-state index in [9.17, 15) is 4.79 Å². The second kappa shape index (κ2) is 13.6. The molecule has 0 aromatic heterocycles. The summed E-state index contributed by atoms with van der Waals surface area (Å²) in [6.07, 6.45) is 7.07. The van der Waals surface area contributed by atoms with Crippen molar-refractivity contribution in [2.75, 3.05) is 52.4 Å². The Hall–Kier alpha value is -0.570. The van der Waals surface area contributed by atoms with E-state index in [-0.39, 0.29) is 24.0 Å². The summed E-state index contributed by atoms with van der Waals surface area (Å²) in [7, 11) is 0. The first-order valence-electron chi connectivity index (χ1n) is 10.3. The highest BCUT2D eigenvalue weighted by molar-refractivity contribution is 14.0. The van der Waals surface area contributed by atoms with Gasteiger partial charge in [-0.25, -0.2) is 0 Å². The molecule has 2 aliphatic rings. The Kier molecular flexibility index (Phi) is 12.3. The van der Waals surface area contributed by atoms with Gasteiger partial charge in [0.1, 0.15) is 0 Å². The van der Waals surface area contributed by atoms with Gasteiger partial charge < -0.3 is 15.5 Å². The lowest BCUT2D eigenvalue weighted by atomic mass is 9.84. The van der Waals surface area contributed by atoms with E-state index in [1.165, 1.54) is 19.3 Å². The smallest absolute Gasteiger partial charge is 0.225 e. The van der Waals surface area contributed by atoms with Crippen LogP contribution in [-0.2, 0) is 4.79 Å². The third-order valence-electron chi connectivity index (χ3n) is 5.23. The normalized spacial score (nSPS) is 18.8. The molecule has 1 saturated carbocycles. The Morgan fingerprint density at radius 1 is 1.08 bits per heavy atom. The van der Waals surface area contributed by atoms with Crippen molar-refractivity contribution in [1.82, 2.24) is 20.4 Å². The van der Waals surface area contributed by atoms with Crippen LogP contribution in [-0.4, -0.2) is 74.0 Å². The minimum absolute atomic E-state index is 0. The Labute approximate surface area is 176 Å². The number of halogens is 1. The number of piperazine rings is 1. The maximum atomic E-state index is 12.3. The molecule has 0 aromatic carbocycles. The number of hydrogen-bond donors (Lipinski definition) is 2. The van der Waals surface area contributed by atoms with Crippen LogP contribution in [0.1, 0.15) is 52.4 Å². The fourth-order valence-electron chi connectivity index (χ4n) is 3.33. The molecule has 7 heteroatoms. The molecule has 0 atom stereocenters. The summed E-state index contributed by atoms with van der Waals surface area (Å²) in [5.74, 6) is 1.66. The lowest BCUT2D eigenvalue weighted by molar-refractivity contribution is -0.139. The minimum atomic E-state index is 0. The van der Waals surface area contributed by atoms with Crippen molar-refractivity contribution in [3.05, 3.63) is 0 Å². The Morgan fingerprint density at radius 3 is 2.38 bits per heavy atom. The van der Waals surface area contributed by atoms with Gasteiger partial charge in [0, 0.05) is 58.3 Å². The van der Waals surface area contributed by atoms with E-state index in [0.717, 1.165) is 77.6 Å². The van der Waals surface area contributed by atoms with Gasteiger partial charge in [0.05, 0.1) is 0 Å². The largest absolute Gasteiger partial charge is 0.357 e. The molecule has 0 unspecified atom stereocenters. The molecule has 1 aliphatic heterocycles. The summed E-state index contributed by atoms with van der Waals surface area (Å²) < 4.78 is 0. The number of carbonyl (C=O) groups excluding carboxylic acids is 1. The van der Waals surface area contributed by atoms with Crippen molar-refractivity contribution >= 4 is 35.8 Å². The highest BCUT2D eigenvalue weighted by Gasteiger charge is 2.30. The van der Waals surface area contributed by atoms with Crippen molar-refractivity contribution in [1.29, 1.82) is 0 Å². The van der Waals surface area contributed by atoms with Crippen LogP contribution in [0, 0.1) is 5.92 Å². The fourth-order valence-corrected chi connectivity index (χ4v) is 3.33. The Bertz CT molecular complexity index is 420. The van der Waals surface area contributed by atoms with Gasteiger partial charge >= 0.3 is 0 Å². The van der Waals surface area contributed by atoms with E-state index in [1.54, 1.807) is 0 Å². The summed E-state index contributed by atoms with van der Waals surface area (Å²) >= 11 is 0. The molecule has 2 N–H and O–H groups in total. The zero-order chi connectivity index (χ0) is 17.9. The maximum Gasteiger partial charge on any atom is 0.225 e. The zero-order valence-electron chi connectivity index (χ0n) is 16.6. The Morgan fingerprint density at radius 2 is 1.81 bits per heavy atom. The average molecular weight is 479 g/mol. The molecule has 1 amide bonds. The molecular weight excluding hydrogens is 441 g/mol. The number of nitrogens with zero attached hydrogens (tertiary/aromatic N) is 3. The molecule has 152 valence electrons. The first-order valence-corrected chi connectivity index (χ1v) is 10.3. The molecule has 1 aliphatic carbocycles. The zero-order valence-corrected chi connectivity index (χ0v) is 19.0. The summed E-state index contributed by atoms with van der Waals surface area (Å²) in [4.78, 5) is 21.4. The van der Waals surface area contributed by atoms with Gasteiger partial charge in [-0.1, -0.05) is 26.2 Å². The van der Waals surface area contributed by atoms with Crippen LogP contribution in [0.3, 0.4) is 0 Å². The topological polar surface area (TPSA) is 60.0 Å². The third kappa shape index (κ3) is 7.98. The van der Waals surface area contributed by atoms with E-state index in [0.29, 0.717) is 11.8 Å². The summed E-state index contributed by atoms with van der Waals surface area (Å²) in [5, 5.41) is 6.74. The van der Waals surface area contributed by atoms with E-state index in [1.807, 2.05) is 0 Å². The van der Waals surface area contributed by atoms with Crippen LogP contribution in [0.15, 0.2) is 4.99 Å². The first kappa shape index (κ1) is 23.5. The van der Waals surface area contributed by atoms with E-state index >= 15 is 0 Å². The molecule has 0 radical (unpaired) electrons. The molecule has 1 saturated heterocycles. The number of amides is 1. The summed E-state index contributed by atoms with van der Waals surface area (Å²) in [6, 6.07) is 0. The molecule has 2 fully saturated rings. The standard InChI is InChI=1S/C19H37N5O.HI/c1-3-5-6-10-21-19(20-4-2)22-11-12-23-13-15-24(16-14-23)18(25)17-8-7-9-17;/h17H,3-16H2,1-2H3,(H2,20,21,22);1H. The van der Waals surface area contributed by atoms with Gasteiger partial charge in [0.25, 0.3) is 0 Å². The molecule has 26 heavy (non-hydrogen) atoms. The van der Waals surface area contributed by atoms with Gasteiger partial charge in [0.15, 0.2) is 5.96 Å². The molecule has 0 aromatic rings. The number of guanidine groups is 1. The van der Waals surface area contributed by atoms with Gasteiger partial charge in [-0.2, -0.15) is 0 Å². The maximum absolute atomic E-state index is 12.3. The summed E-state index contributed by atoms with van der Waals surface area (Å²) in [6.45, 7) is 11.8. The number of aliphatic imine (C=N–C) groups is 1. The first-order chi connectivity index (χ1) is 12.2. The van der Waals surface area contributed by atoms with Gasteiger partial charge in [-0.05, 0) is 26.2 Å². The van der Waals surface area contributed by atoms with Crippen LogP contribution in [0.2, 0.25) is 0 Å². The van der Waals surface area contributed by atoms with Crippen LogP contribution < -0.4 is 10.6 Å². The number of unbranched alkanes of at least 4 members (excludes halogenated alkanes) is 2. The molecule has 2 rings (SSSR count). The summed E-state index contributed by atoms with van der Waals surface area (Å²) in [5.41, 5.74) is 0. The number of nitrogens with one attached hydrogen (secondary N) is 2. The molecule has 6 nitrogen and oxygen atoms in total. The highest BCUT2D eigenvalue weighted by atomic mass is 127. The van der Waals surface area contributed by atoms with Crippen molar-refractivity contribution in [3.63, 3.8) is 0 Å². The van der Waals surface area contributed by atoms with Gasteiger partial charge in [-0.15, -0.1) is 24.0 Å². The number of carbonyl (C=O) groups is 1. The van der Waals surface area contributed by atoms with Crippen LogP contribution >= 0.6 is 24.0 Å². The van der Waals surface area contributed by atoms with Gasteiger partial charge in [0.2, 0.25) is 5.91 Å². The number of rotatable bonds is 9. The SMILES string of the molecule is CCCCCN=C(NCC)NCCN1CCN(C(=O)C2CCC2)CC1.I. The Balaban J connectivity index is 0.00000338. The predicted octanol–water partition coefficient (Wildman–Crippen LogP) is 2.29. The monoisotopic (exact) mass is 479 g/mol. The molecular formula is C19H38IN5O. The van der Waals surface area contributed by atoms with E-state index in [2.05, 4.69) is 39.3 Å². The minimum Gasteiger partial charge on any atom is -0.357 e. The van der Waals surface area contributed by atoms with E-state index < -0.39 is 0 Å². The lowest BCUT2D eigenvalue weighted by Gasteiger charge is -2.38. The second-order valence-corrected chi connectivity index (χ2v) is 7.19. The fraction of sp³-hybridized carbons (Fsp3) is 0.895. The molecule has 0 spiro atoms. The van der Waals surface area contributed by atoms with Crippen LogP contribution in [0.5, 0.6) is 0 Å². The quantitative estimate of drug-likeness (QED) is 0.231.